The first-order valence-electron chi connectivity index (χ1n) is 8.51. The van der Waals surface area contributed by atoms with E-state index >= 15 is 0 Å². The standard InChI is InChI=1S/C16H21BNO5S/c19-16(20)14-13(24-8-7-18-5-1-2-6-18)4-3-10-11-9-12(11)17(21,22)23-15(10)14/h3-4,11-12,21-22H,1-2,5-9H2,(H,19,20)/q-1/t11-,12-/m1/s1. The van der Waals surface area contributed by atoms with E-state index in [1.54, 1.807) is 0 Å². The molecule has 1 saturated carbocycles. The van der Waals surface area contributed by atoms with Gasteiger partial charge in [0.1, 0.15) is 5.56 Å². The predicted molar refractivity (Wildman–Crippen MR) is 91.7 cm³/mol. The Morgan fingerprint density at radius 1 is 1.33 bits per heavy atom. The van der Waals surface area contributed by atoms with Crippen LogP contribution in [0.15, 0.2) is 17.0 Å². The summed E-state index contributed by atoms with van der Waals surface area (Å²) in [5, 5.41) is 29.7. The summed E-state index contributed by atoms with van der Waals surface area (Å²) in [5.74, 6) is -0.420. The lowest BCUT2D eigenvalue weighted by Gasteiger charge is -2.37. The fourth-order valence-corrected chi connectivity index (χ4v) is 4.98. The van der Waals surface area contributed by atoms with Crippen molar-refractivity contribution in [2.45, 2.75) is 35.9 Å². The maximum Gasteiger partial charge on any atom is 0.434 e. The Hall–Kier alpha value is -1.22. The maximum atomic E-state index is 11.8. The van der Waals surface area contributed by atoms with Crippen LogP contribution in [0.2, 0.25) is 5.82 Å². The van der Waals surface area contributed by atoms with Gasteiger partial charge < -0.3 is 24.7 Å². The fraction of sp³-hybridized carbons (Fsp3) is 0.562. The Bertz CT molecular complexity index is 677. The molecule has 2 aliphatic heterocycles. The summed E-state index contributed by atoms with van der Waals surface area (Å²) in [6.45, 7) is 0.202. The van der Waals surface area contributed by atoms with Crippen molar-refractivity contribution in [3.05, 3.63) is 23.3 Å². The van der Waals surface area contributed by atoms with E-state index in [0.29, 0.717) is 11.3 Å². The molecule has 2 atom stereocenters. The van der Waals surface area contributed by atoms with Gasteiger partial charge in [0, 0.05) is 17.2 Å². The Kier molecular flexibility index (Phi) is 4.03. The molecular weight excluding hydrogens is 329 g/mol. The highest BCUT2D eigenvalue weighted by atomic mass is 32.2. The van der Waals surface area contributed by atoms with Gasteiger partial charge in [-0.3, -0.25) is 0 Å². The Morgan fingerprint density at radius 2 is 2.08 bits per heavy atom. The number of benzene rings is 1. The molecule has 3 N–H and O–H groups in total. The molecule has 6 nitrogen and oxygen atoms in total. The van der Waals surface area contributed by atoms with Gasteiger partial charge >= 0.3 is 12.7 Å². The Morgan fingerprint density at radius 3 is 2.79 bits per heavy atom. The van der Waals surface area contributed by atoms with Crippen LogP contribution >= 0.6 is 11.8 Å². The summed E-state index contributed by atoms with van der Waals surface area (Å²) in [5.41, 5.74) is 0.862. The minimum absolute atomic E-state index is 0.00509. The molecule has 1 aromatic carbocycles. The van der Waals surface area contributed by atoms with Gasteiger partial charge in [-0.2, -0.15) is 0 Å². The molecule has 0 amide bonds. The molecule has 130 valence electrons. The van der Waals surface area contributed by atoms with Crippen LogP contribution in [-0.4, -0.2) is 58.2 Å². The quantitative estimate of drug-likeness (QED) is 0.551. The topological polar surface area (TPSA) is 90.2 Å². The van der Waals surface area contributed by atoms with Crippen molar-refractivity contribution in [1.29, 1.82) is 0 Å². The first-order valence-corrected chi connectivity index (χ1v) is 9.49. The molecule has 2 heterocycles. The van der Waals surface area contributed by atoms with Crippen LogP contribution in [0, 0.1) is 0 Å². The molecule has 8 heteroatoms. The molecule has 3 aliphatic rings. The molecule has 0 aromatic heterocycles. The number of carboxylic acid groups (broad SMARTS) is 1. The first-order chi connectivity index (χ1) is 11.5. The number of likely N-dealkylation sites (tertiary alicyclic amines) is 1. The smallest absolute Gasteiger partial charge is 0.434 e. The van der Waals surface area contributed by atoms with Crippen molar-refractivity contribution in [2.24, 2.45) is 0 Å². The van der Waals surface area contributed by atoms with E-state index in [4.69, 9.17) is 4.65 Å². The average molecular weight is 350 g/mol. The molecule has 1 aliphatic carbocycles. The molecule has 4 rings (SSSR count). The van der Waals surface area contributed by atoms with Crippen LogP contribution in [0.3, 0.4) is 0 Å². The van der Waals surface area contributed by atoms with Crippen molar-refractivity contribution >= 4 is 24.5 Å². The molecule has 2 fully saturated rings. The lowest BCUT2D eigenvalue weighted by molar-refractivity contribution is 0.0689. The third-order valence-corrected chi connectivity index (χ3v) is 6.35. The Labute approximate surface area is 144 Å². The molecule has 0 unspecified atom stereocenters. The van der Waals surface area contributed by atoms with Gasteiger partial charge in [-0.05, 0) is 43.5 Å². The van der Waals surface area contributed by atoms with Gasteiger partial charge in [-0.15, -0.1) is 11.8 Å². The second kappa shape index (κ2) is 5.95. The number of hydrogen-bond acceptors (Lipinski definition) is 6. The zero-order valence-corrected chi connectivity index (χ0v) is 14.2. The summed E-state index contributed by atoms with van der Waals surface area (Å²) in [7, 11) is 0. The van der Waals surface area contributed by atoms with E-state index in [1.807, 2.05) is 12.1 Å². The zero-order chi connectivity index (χ0) is 16.9. The molecule has 0 spiro atoms. The first kappa shape index (κ1) is 16.3. The number of fused-ring (bicyclic) bond motifs is 3. The monoisotopic (exact) mass is 350 g/mol. The lowest BCUT2D eigenvalue weighted by Crippen LogP contribution is -2.45. The summed E-state index contributed by atoms with van der Waals surface area (Å²) in [4.78, 5) is 14.8. The van der Waals surface area contributed by atoms with Crippen LogP contribution in [-0.2, 0) is 0 Å². The Balaban J connectivity index is 1.57. The molecule has 0 bridgehead atoms. The summed E-state index contributed by atoms with van der Waals surface area (Å²) < 4.78 is 5.36. The van der Waals surface area contributed by atoms with E-state index < -0.39 is 12.7 Å². The SMILES string of the molecule is O=C(O)c1c(SCCN2CCCC2)ccc2c1O[B-](O)(O)[C@@H]1C[C@H]21. The second-order valence-electron chi connectivity index (χ2n) is 6.94. The number of nitrogens with zero attached hydrogens (tertiary/aromatic N) is 1. The van der Waals surface area contributed by atoms with E-state index in [0.717, 1.165) is 31.0 Å². The van der Waals surface area contributed by atoms with Gasteiger partial charge in [0.05, 0.1) is 5.75 Å². The van der Waals surface area contributed by atoms with Crippen LogP contribution in [0.5, 0.6) is 5.75 Å². The minimum Gasteiger partial charge on any atom is -0.669 e. The number of aromatic carboxylic acids is 1. The molecular formula is C16H21BNO5S-. The largest absolute Gasteiger partial charge is 0.669 e. The van der Waals surface area contributed by atoms with Crippen molar-refractivity contribution in [3.8, 4) is 5.75 Å². The van der Waals surface area contributed by atoms with E-state index in [2.05, 4.69) is 4.90 Å². The van der Waals surface area contributed by atoms with Gasteiger partial charge in [-0.25, -0.2) is 4.79 Å². The number of hydrogen-bond donors (Lipinski definition) is 3. The molecule has 24 heavy (non-hydrogen) atoms. The van der Waals surface area contributed by atoms with Crippen molar-refractivity contribution < 1.29 is 24.6 Å². The number of carbonyl (C=O) groups is 1. The van der Waals surface area contributed by atoms with Gasteiger partial charge in [0.15, 0.2) is 0 Å². The van der Waals surface area contributed by atoms with E-state index in [9.17, 15) is 19.9 Å². The zero-order valence-electron chi connectivity index (χ0n) is 13.4. The van der Waals surface area contributed by atoms with E-state index in [-0.39, 0.29) is 23.0 Å². The third kappa shape index (κ3) is 2.81. The van der Waals surface area contributed by atoms with Crippen molar-refractivity contribution in [1.82, 2.24) is 4.90 Å². The minimum atomic E-state index is -2.96. The second-order valence-corrected chi connectivity index (χ2v) is 8.08. The van der Waals surface area contributed by atoms with Crippen molar-refractivity contribution in [3.63, 3.8) is 0 Å². The highest BCUT2D eigenvalue weighted by Crippen LogP contribution is 2.63. The van der Waals surface area contributed by atoms with Crippen LogP contribution < -0.4 is 4.65 Å². The number of thioether (sulfide) groups is 1. The van der Waals surface area contributed by atoms with Crippen LogP contribution in [0.1, 0.15) is 41.1 Å². The predicted octanol–water partition coefficient (Wildman–Crippen LogP) is 1.75. The van der Waals surface area contributed by atoms with Gasteiger partial charge in [0.2, 0.25) is 0 Å². The number of rotatable bonds is 5. The van der Waals surface area contributed by atoms with Gasteiger partial charge in [-0.1, -0.05) is 18.3 Å². The molecule has 1 saturated heterocycles. The highest BCUT2D eigenvalue weighted by Gasteiger charge is 2.55. The van der Waals surface area contributed by atoms with E-state index in [1.165, 1.54) is 24.6 Å². The molecule has 0 radical (unpaired) electrons. The normalized spacial score (nSPS) is 27.2. The molecule has 1 aromatic rings. The average Bonchev–Trinajstić information content (AvgIpc) is 3.17. The third-order valence-electron chi connectivity index (χ3n) is 5.32. The lowest BCUT2D eigenvalue weighted by atomic mass is 9.68. The summed E-state index contributed by atoms with van der Waals surface area (Å²) >= 11 is 1.49. The maximum absolute atomic E-state index is 11.8. The van der Waals surface area contributed by atoms with Crippen molar-refractivity contribution in [2.75, 3.05) is 25.4 Å². The van der Waals surface area contributed by atoms with Crippen LogP contribution in [0.25, 0.3) is 0 Å². The number of carboxylic acids is 1. The fourth-order valence-electron chi connectivity index (χ4n) is 3.93. The summed E-state index contributed by atoms with van der Waals surface area (Å²) in [6.07, 6.45) is 3.11. The summed E-state index contributed by atoms with van der Waals surface area (Å²) in [6, 6.07) is 3.72. The highest BCUT2D eigenvalue weighted by molar-refractivity contribution is 7.99. The van der Waals surface area contributed by atoms with Gasteiger partial charge in [0.25, 0.3) is 0 Å². The van der Waals surface area contributed by atoms with Crippen LogP contribution in [0.4, 0.5) is 0 Å².